The van der Waals surface area contributed by atoms with Gasteiger partial charge in [-0.15, -0.1) is 0 Å². The number of aromatic nitrogens is 4. The number of nitrogens with two attached hydrogens (primary N) is 1. The second kappa shape index (κ2) is 8.24. The molecular formula is C22H27N7O2. The third-order valence-electron chi connectivity index (χ3n) is 5.87. The fraction of sp³-hybridized carbons (Fsp3) is 0.455. The van der Waals surface area contributed by atoms with Crippen molar-refractivity contribution in [2.45, 2.75) is 25.9 Å². The molecule has 0 radical (unpaired) electrons. The van der Waals surface area contributed by atoms with E-state index in [4.69, 9.17) is 30.2 Å². The summed E-state index contributed by atoms with van der Waals surface area (Å²) in [5.41, 5.74) is 8.27. The molecule has 0 bridgehead atoms. The predicted molar refractivity (Wildman–Crippen MR) is 120 cm³/mol. The third kappa shape index (κ3) is 3.86. The molecule has 2 unspecified atom stereocenters. The molecule has 162 valence electrons. The Morgan fingerprint density at radius 3 is 2.39 bits per heavy atom. The van der Waals surface area contributed by atoms with Crippen molar-refractivity contribution < 1.29 is 9.47 Å². The molecule has 2 saturated heterocycles. The molecule has 9 nitrogen and oxygen atoms in total. The van der Waals surface area contributed by atoms with Gasteiger partial charge in [-0.2, -0.15) is 9.97 Å². The average molecular weight is 422 g/mol. The van der Waals surface area contributed by atoms with Gasteiger partial charge >= 0.3 is 0 Å². The number of ether oxygens (including phenoxy) is 2. The number of nitrogens with zero attached hydrogens (tertiary/aromatic N) is 6. The highest BCUT2D eigenvalue weighted by atomic mass is 16.5. The largest absolute Gasteiger partial charge is 0.384 e. The van der Waals surface area contributed by atoms with Gasteiger partial charge in [0.25, 0.3) is 0 Å². The minimum atomic E-state index is 0.198. The molecule has 2 aliphatic rings. The van der Waals surface area contributed by atoms with Gasteiger partial charge in [0.15, 0.2) is 5.65 Å². The molecular weight excluding hydrogens is 394 g/mol. The van der Waals surface area contributed by atoms with E-state index in [0.29, 0.717) is 43.8 Å². The van der Waals surface area contributed by atoms with Crippen molar-refractivity contribution in [3.05, 3.63) is 30.5 Å². The maximum atomic E-state index is 5.88. The minimum absolute atomic E-state index is 0.198. The summed E-state index contributed by atoms with van der Waals surface area (Å²) in [7, 11) is 0. The Balaban J connectivity index is 1.66. The van der Waals surface area contributed by atoms with E-state index < -0.39 is 0 Å². The monoisotopic (exact) mass is 421 g/mol. The second-order valence-corrected chi connectivity index (χ2v) is 8.12. The molecule has 2 N–H and O–H groups in total. The fourth-order valence-electron chi connectivity index (χ4n) is 4.16. The molecule has 2 aliphatic heterocycles. The van der Waals surface area contributed by atoms with Crippen molar-refractivity contribution in [2.75, 3.05) is 55.1 Å². The highest BCUT2D eigenvalue weighted by Crippen LogP contribution is 2.31. The van der Waals surface area contributed by atoms with Crippen molar-refractivity contribution >= 4 is 28.6 Å². The normalized spacial score (nSPS) is 22.1. The first-order chi connectivity index (χ1) is 15.1. The fourth-order valence-corrected chi connectivity index (χ4v) is 4.16. The molecule has 31 heavy (non-hydrogen) atoms. The van der Waals surface area contributed by atoms with Crippen LogP contribution >= 0.6 is 0 Å². The Morgan fingerprint density at radius 1 is 0.935 bits per heavy atom. The van der Waals surface area contributed by atoms with Gasteiger partial charge in [-0.1, -0.05) is 0 Å². The van der Waals surface area contributed by atoms with Crippen molar-refractivity contribution in [3.8, 4) is 11.3 Å². The van der Waals surface area contributed by atoms with Gasteiger partial charge in [-0.3, -0.25) is 0 Å². The van der Waals surface area contributed by atoms with E-state index in [1.807, 2.05) is 18.2 Å². The Labute approximate surface area is 181 Å². The van der Waals surface area contributed by atoms with Crippen molar-refractivity contribution in [3.63, 3.8) is 0 Å². The van der Waals surface area contributed by atoms with Crippen LogP contribution in [0.25, 0.3) is 22.3 Å². The van der Waals surface area contributed by atoms with E-state index in [2.05, 4.69) is 34.7 Å². The number of rotatable bonds is 3. The number of pyridine rings is 2. The van der Waals surface area contributed by atoms with Crippen LogP contribution in [0.5, 0.6) is 0 Å². The molecule has 5 rings (SSSR count). The lowest BCUT2D eigenvalue weighted by molar-refractivity contribution is 0.0973. The van der Waals surface area contributed by atoms with Gasteiger partial charge in [0.1, 0.15) is 11.6 Å². The SMILES string of the molecule is CC1COCCN1c1nc(N2CCOCC2C)c2ccc(-c3ccnc(N)c3)nc2n1. The van der Waals surface area contributed by atoms with Crippen LogP contribution in [0.2, 0.25) is 0 Å². The van der Waals surface area contributed by atoms with E-state index in [0.717, 1.165) is 35.6 Å². The lowest BCUT2D eigenvalue weighted by atomic mass is 10.1. The molecule has 5 heterocycles. The maximum Gasteiger partial charge on any atom is 0.229 e. The Morgan fingerprint density at radius 2 is 1.68 bits per heavy atom. The molecule has 0 saturated carbocycles. The molecule has 0 aliphatic carbocycles. The van der Waals surface area contributed by atoms with Crippen LogP contribution in [0.4, 0.5) is 17.6 Å². The first kappa shape index (κ1) is 19.9. The van der Waals surface area contributed by atoms with Crippen LogP contribution in [0.3, 0.4) is 0 Å². The van der Waals surface area contributed by atoms with Gasteiger partial charge in [0.2, 0.25) is 5.95 Å². The first-order valence-corrected chi connectivity index (χ1v) is 10.7. The van der Waals surface area contributed by atoms with Crippen LogP contribution < -0.4 is 15.5 Å². The molecule has 3 aromatic heterocycles. The summed E-state index contributed by atoms with van der Waals surface area (Å²) in [5, 5.41) is 0.934. The lowest BCUT2D eigenvalue weighted by Crippen LogP contribution is -2.46. The highest BCUT2D eigenvalue weighted by molar-refractivity contribution is 5.90. The number of hydrogen-bond donors (Lipinski definition) is 1. The molecule has 3 aromatic rings. The summed E-state index contributed by atoms with van der Waals surface area (Å²) in [6.07, 6.45) is 1.69. The zero-order valence-corrected chi connectivity index (χ0v) is 17.9. The Kier molecular flexibility index (Phi) is 5.29. The smallest absolute Gasteiger partial charge is 0.229 e. The van der Waals surface area contributed by atoms with Crippen LogP contribution in [0.1, 0.15) is 13.8 Å². The molecule has 9 heteroatoms. The molecule has 0 aromatic carbocycles. The van der Waals surface area contributed by atoms with Gasteiger partial charge in [0.05, 0.1) is 49.6 Å². The zero-order chi connectivity index (χ0) is 21.4. The zero-order valence-electron chi connectivity index (χ0n) is 17.9. The molecule has 0 amide bonds. The van der Waals surface area contributed by atoms with Crippen LogP contribution in [0.15, 0.2) is 30.5 Å². The van der Waals surface area contributed by atoms with Gasteiger partial charge in [-0.25, -0.2) is 9.97 Å². The Bertz CT molecular complexity index is 1090. The number of anilines is 3. The van der Waals surface area contributed by atoms with E-state index >= 15 is 0 Å². The van der Waals surface area contributed by atoms with Crippen LogP contribution in [-0.4, -0.2) is 71.5 Å². The minimum Gasteiger partial charge on any atom is -0.384 e. The quantitative estimate of drug-likeness (QED) is 0.681. The predicted octanol–water partition coefficient (Wildman–Crippen LogP) is 2.12. The molecule has 2 atom stereocenters. The number of morpholine rings is 2. The standard InChI is InChI=1S/C22H27N7O2/c1-14-12-30-9-7-28(14)21-17-3-4-18(16-5-6-24-19(23)11-16)25-20(17)26-22(27-21)29-8-10-31-13-15(29)2/h3-6,11,14-15H,7-10,12-13H2,1-2H3,(H2,23,24). The van der Waals surface area contributed by atoms with E-state index in [9.17, 15) is 0 Å². The number of hydrogen-bond acceptors (Lipinski definition) is 9. The van der Waals surface area contributed by atoms with Crippen molar-refractivity contribution in [1.82, 2.24) is 19.9 Å². The lowest BCUT2D eigenvalue weighted by Gasteiger charge is -2.37. The summed E-state index contributed by atoms with van der Waals surface area (Å²) < 4.78 is 11.3. The highest BCUT2D eigenvalue weighted by Gasteiger charge is 2.27. The maximum absolute atomic E-state index is 5.88. The number of nitrogen functional groups attached to an aromatic ring is 1. The van der Waals surface area contributed by atoms with Crippen molar-refractivity contribution in [2.24, 2.45) is 0 Å². The van der Waals surface area contributed by atoms with E-state index in [1.54, 1.807) is 6.20 Å². The summed E-state index contributed by atoms with van der Waals surface area (Å²) in [4.78, 5) is 23.4. The van der Waals surface area contributed by atoms with Gasteiger partial charge in [-0.05, 0) is 38.1 Å². The summed E-state index contributed by atoms with van der Waals surface area (Å²) >= 11 is 0. The van der Waals surface area contributed by atoms with E-state index in [-0.39, 0.29) is 12.1 Å². The second-order valence-electron chi connectivity index (χ2n) is 8.12. The summed E-state index contributed by atoms with van der Waals surface area (Å²) in [6, 6.07) is 8.20. The Hall–Kier alpha value is -3.04. The summed E-state index contributed by atoms with van der Waals surface area (Å²) in [6.45, 7) is 8.52. The molecule has 2 fully saturated rings. The topological polar surface area (TPSA) is 103 Å². The van der Waals surface area contributed by atoms with Gasteiger partial charge < -0.3 is 25.0 Å². The van der Waals surface area contributed by atoms with Crippen molar-refractivity contribution in [1.29, 1.82) is 0 Å². The number of fused-ring (bicyclic) bond motifs is 1. The molecule has 0 spiro atoms. The van der Waals surface area contributed by atoms with Crippen LogP contribution in [0, 0.1) is 0 Å². The average Bonchev–Trinajstić information content (AvgIpc) is 2.79. The summed E-state index contributed by atoms with van der Waals surface area (Å²) in [5.74, 6) is 2.06. The van der Waals surface area contributed by atoms with E-state index in [1.165, 1.54) is 0 Å². The van der Waals surface area contributed by atoms with Crippen LogP contribution in [-0.2, 0) is 9.47 Å². The first-order valence-electron chi connectivity index (χ1n) is 10.7. The van der Waals surface area contributed by atoms with Gasteiger partial charge in [0, 0.05) is 24.8 Å². The third-order valence-corrected chi connectivity index (χ3v) is 5.87.